The topological polar surface area (TPSA) is 70.7 Å². The Balaban J connectivity index is 1.38. The smallest absolute Gasteiger partial charge is 0.237 e. The number of carbonyl (C=O) groups excluding carboxylic acids is 1. The van der Waals surface area contributed by atoms with Crippen molar-refractivity contribution in [2.45, 2.75) is 56.9 Å². The van der Waals surface area contributed by atoms with E-state index in [2.05, 4.69) is 60.1 Å². The van der Waals surface area contributed by atoms with Crippen molar-refractivity contribution in [1.29, 1.82) is 5.26 Å². The molecule has 0 aliphatic heterocycles. The predicted molar refractivity (Wildman–Crippen MR) is 139 cm³/mol. The van der Waals surface area contributed by atoms with Gasteiger partial charge in [0, 0.05) is 39.7 Å². The molecule has 0 radical (unpaired) electrons. The van der Waals surface area contributed by atoms with Gasteiger partial charge in [0.1, 0.15) is 11.1 Å². The molecule has 6 heteroatoms. The quantitative estimate of drug-likeness (QED) is 0.348. The van der Waals surface area contributed by atoms with Crippen LogP contribution in [0.15, 0.2) is 53.6 Å². The Morgan fingerprint density at radius 2 is 2.03 bits per heavy atom. The molecule has 4 aromatic rings. The number of benzene rings is 2. The van der Waals surface area contributed by atoms with Crippen molar-refractivity contribution in [3.05, 3.63) is 65.4 Å². The van der Waals surface area contributed by atoms with Gasteiger partial charge < -0.3 is 9.88 Å². The van der Waals surface area contributed by atoms with Crippen LogP contribution in [0, 0.1) is 17.2 Å². The molecule has 1 aliphatic rings. The van der Waals surface area contributed by atoms with Crippen LogP contribution in [0.3, 0.4) is 0 Å². The fourth-order valence-electron chi connectivity index (χ4n) is 4.93. The molecule has 5 nitrogen and oxygen atoms in total. The second-order valence-corrected chi connectivity index (χ2v) is 10.5. The average molecular weight is 469 g/mol. The van der Waals surface area contributed by atoms with Crippen LogP contribution in [0.1, 0.15) is 44.0 Å². The molecule has 2 atom stereocenters. The Morgan fingerprint density at radius 1 is 1.24 bits per heavy atom. The largest absolute Gasteiger partial charge is 0.341 e. The number of hydrogen-bond acceptors (Lipinski definition) is 4. The van der Waals surface area contributed by atoms with E-state index in [0.29, 0.717) is 16.5 Å². The third kappa shape index (κ3) is 4.05. The zero-order valence-corrected chi connectivity index (χ0v) is 20.6. The predicted octanol–water partition coefficient (Wildman–Crippen LogP) is 6.33. The summed E-state index contributed by atoms with van der Waals surface area (Å²) in [7, 11) is 0. The van der Waals surface area contributed by atoms with E-state index in [1.54, 1.807) is 0 Å². The van der Waals surface area contributed by atoms with Crippen LogP contribution in [0.5, 0.6) is 0 Å². The first-order chi connectivity index (χ1) is 16.5. The fraction of sp³-hybridized carbons (Fsp3) is 0.321. The lowest BCUT2D eigenvalue weighted by Crippen LogP contribution is -2.23. The third-order valence-electron chi connectivity index (χ3n) is 6.73. The Hall–Kier alpha value is -3.30. The maximum absolute atomic E-state index is 13.1. The number of aryl methyl sites for hydroxylation is 2. The number of pyridine rings is 1. The van der Waals surface area contributed by atoms with Crippen LogP contribution in [0.4, 0.5) is 5.69 Å². The first kappa shape index (κ1) is 22.5. The maximum Gasteiger partial charge on any atom is 0.237 e. The number of amides is 1. The lowest BCUT2D eigenvalue weighted by molar-refractivity contribution is -0.115. The number of nitrogens with zero attached hydrogens (tertiary/aromatic N) is 3. The van der Waals surface area contributed by atoms with Crippen molar-refractivity contribution in [3.63, 3.8) is 0 Å². The highest BCUT2D eigenvalue weighted by Gasteiger charge is 2.23. The number of para-hydroxylation sites is 1. The van der Waals surface area contributed by atoms with E-state index in [1.165, 1.54) is 28.2 Å². The third-order valence-corrected chi connectivity index (χ3v) is 7.83. The summed E-state index contributed by atoms with van der Waals surface area (Å²) in [5.41, 5.74) is 5.95. The molecule has 0 bridgehead atoms. The summed E-state index contributed by atoms with van der Waals surface area (Å²) in [6.07, 6.45) is 3.01. The number of nitriles is 1. The Kier molecular flexibility index (Phi) is 6.05. The lowest BCUT2D eigenvalue weighted by Gasteiger charge is -2.22. The summed E-state index contributed by atoms with van der Waals surface area (Å²) < 4.78 is 2.29. The van der Waals surface area contributed by atoms with Crippen molar-refractivity contribution in [2.75, 3.05) is 5.32 Å². The molecule has 2 heterocycles. The molecule has 1 aliphatic carbocycles. The SMILES string of the molecule is CCn1c2ccccc2c2cc(NC(=O)C(C)Sc3nc4c(cc3C#N)CC(C)CC4)ccc21. The van der Waals surface area contributed by atoms with Crippen LogP contribution in [0.2, 0.25) is 0 Å². The highest BCUT2D eigenvalue weighted by molar-refractivity contribution is 8.00. The Labute approximate surface area is 204 Å². The van der Waals surface area contributed by atoms with Gasteiger partial charge in [-0.05, 0) is 74.9 Å². The van der Waals surface area contributed by atoms with Crippen LogP contribution >= 0.6 is 11.8 Å². The molecule has 0 fully saturated rings. The molecular weight excluding hydrogens is 440 g/mol. The number of rotatable bonds is 5. The molecule has 0 spiro atoms. The normalized spacial score (nSPS) is 16.2. The summed E-state index contributed by atoms with van der Waals surface area (Å²) in [6.45, 7) is 7.13. The molecule has 34 heavy (non-hydrogen) atoms. The van der Waals surface area contributed by atoms with Gasteiger partial charge in [-0.1, -0.05) is 36.9 Å². The number of aromatic nitrogens is 2. The second kappa shape index (κ2) is 9.15. The molecule has 0 saturated carbocycles. The number of hydrogen-bond donors (Lipinski definition) is 1. The zero-order chi connectivity index (χ0) is 23.8. The summed E-state index contributed by atoms with van der Waals surface area (Å²) in [5, 5.41) is 15.3. The van der Waals surface area contributed by atoms with E-state index >= 15 is 0 Å². The Morgan fingerprint density at radius 3 is 2.82 bits per heavy atom. The zero-order valence-electron chi connectivity index (χ0n) is 19.8. The van der Waals surface area contributed by atoms with Gasteiger partial charge in [-0.2, -0.15) is 5.26 Å². The second-order valence-electron chi connectivity index (χ2n) is 9.15. The van der Waals surface area contributed by atoms with Crippen LogP contribution in [0.25, 0.3) is 21.8 Å². The van der Waals surface area contributed by atoms with Gasteiger partial charge in [-0.15, -0.1) is 0 Å². The van der Waals surface area contributed by atoms with Gasteiger partial charge in [-0.3, -0.25) is 4.79 Å². The number of carbonyl (C=O) groups is 1. The van der Waals surface area contributed by atoms with Crippen molar-refractivity contribution >= 4 is 45.2 Å². The number of fused-ring (bicyclic) bond motifs is 4. The van der Waals surface area contributed by atoms with E-state index < -0.39 is 0 Å². The highest BCUT2D eigenvalue weighted by Crippen LogP contribution is 2.33. The summed E-state index contributed by atoms with van der Waals surface area (Å²) >= 11 is 1.36. The highest BCUT2D eigenvalue weighted by atomic mass is 32.2. The minimum atomic E-state index is -0.382. The first-order valence-electron chi connectivity index (χ1n) is 11.9. The van der Waals surface area contributed by atoms with Crippen molar-refractivity contribution in [1.82, 2.24) is 9.55 Å². The Bertz CT molecular complexity index is 1450. The molecule has 172 valence electrons. The van der Waals surface area contributed by atoms with Gasteiger partial charge in [0.05, 0.1) is 10.8 Å². The number of nitrogens with one attached hydrogen (secondary N) is 1. The van der Waals surface area contributed by atoms with Crippen LogP contribution in [-0.2, 0) is 24.2 Å². The standard InChI is InChI=1S/C28H28N4OS/c1-4-32-25-8-6-5-7-22(25)23-15-21(10-12-26(23)32)30-27(33)18(3)34-28-20(16-29)14-19-13-17(2)9-11-24(19)31-28/h5-8,10,12,14-15,17-18H,4,9,11,13H2,1-3H3,(H,30,33). The van der Waals surface area contributed by atoms with E-state index in [9.17, 15) is 10.1 Å². The van der Waals surface area contributed by atoms with E-state index in [1.807, 2.05) is 25.1 Å². The van der Waals surface area contributed by atoms with Crippen molar-refractivity contribution in [2.24, 2.45) is 5.92 Å². The molecule has 2 aromatic heterocycles. The molecule has 2 unspecified atom stereocenters. The van der Waals surface area contributed by atoms with Crippen molar-refractivity contribution < 1.29 is 4.79 Å². The maximum atomic E-state index is 13.1. The van der Waals surface area contributed by atoms with Crippen LogP contribution < -0.4 is 5.32 Å². The van der Waals surface area contributed by atoms with E-state index in [4.69, 9.17) is 4.98 Å². The minimum Gasteiger partial charge on any atom is -0.341 e. The molecule has 1 N–H and O–H groups in total. The van der Waals surface area contributed by atoms with Gasteiger partial charge >= 0.3 is 0 Å². The minimum absolute atomic E-state index is 0.0967. The lowest BCUT2D eigenvalue weighted by atomic mass is 9.87. The van der Waals surface area contributed by atoms with Crippen molar-refractivity contribution in [3.8, 4) is 6.07 Å². The van der Waals surface area contributed by atoms with Crippen LogP contribution in [-0.4, -0.2) is 20.7 Å². The average Bonchev–Trinajstić information content (AvgIpc) is 3.16. The first-order valence-corrected chi connectivity index (χ1v) is 12.8. The summed E-state index contributed by atoms with van der Waals surface area (Å²) in [4.78, 5) is 17.9. The number of anilines is 1. The van der Waals surface area contributed by atoms with Gasteiger partial charge in [0.2, 0.25) is 5.91 Å². The molecule has 5 rings (SSSR count). The van der Waals surface area contributed by atoms with E-state index in [-0.39, 0.29) is 11.2 Å². The van der Waals surface area contributed by atoms with Gasteiger partial charge in [0.15, 0.2) is 0 Å². The fourth-order valence-corrected chi connectivity index (χ4v) is 5.83. The molecule has 0 saturated heterocycles. The van der Waals surface area contributed by atoms with Gasteiger partial charge in [0.25, 0.3) is 0 Å². The molecule has 1 amide bonds. The van der Waals surface area contributed by atoms with E-state index in [0.717, 1.165) is 48.1 Å². The summed E-state index contributed by atoms with van der Waals surface area (Å²) in [5.74, 6) is 0.522. The molecular formula is C28H28N4OS. The number of thioether (sulfide) groups is 1. The molecule has 2 aromatic carbocycles. The van der Waals surface area contributed by atoms with Gasteiger partial charge in [-0.25, -0.2) is 4.98 Å². The monoisotopic (exact) mass is 468 g/mol. The summed E-state index contributed by atoms with van der Waals surface area (Å²) in [6, 6.07) is 18.7.